The minimum absolute atomic E-state index is 0.146. The maximum atomic E-state index is 12.6. The first-order valence-corrected chi connectivity index (χ1v) is 10.3. The van der Waals surface area contributed by atoms with Gasteiger partial charge in [0.05, 0.1) is 18.9 Å². The van der Waals surface area contributed by atoms with E-state index in [2.05, 4.69) is 5.32 Å². The van der Waals surface area contributed by atoms with Crippen molar-refractivity contribution in [2.24, 2.45) is 0 Å². The third-order valence-corrected chi connectivity index (χ3v) is 5.10. The summed E-state index contributed by atoms with van der Waals surface area (Å²) in [6.07, 6.45) is 2.98. The van der Waals surface area contributed by atoms with Crippen LogP contribution in [0.4, 0.5) is 10.5 Å². The lowest BCUT2D eigenvalue weighted by Gasteiger charge is -2.13. The highest BCUT2D eigenvalue weighted by Crippen LogP contribution is 2.22. The van der Waals surface area contributed by atoms with Crippen LogP contribution < -0.4 is 5.32 Å². The Hall–Kier alpha value is -3.39. The zero-order chi connectivity index (χ0) is 21.5. The Morgan fingerprint density at radius 1 is 1.17 bits per heavy atom. The number of ether oxygens (including phenoxy) is 1. The first-order chi connectivity index (χ1) is 14.5. The fourth-order valence-electron chi connectivity index (χ4n) is 2.76. The van der Waals surface area contributed by atoms with E-state index in [1.807, 2.05) is 0 Å². The third kappa shape index (κ3) is 5.57. The molecule has 154 valence electrons. The minimum atomic E-state index is -0.411. The van der Waals surface area contributed by atoms with E-state index in [0.29, 0.717) is 23.4 Å². The Bertz CT molecular complexity index is 985. The van der Waals surface area contributed by atoms with Crippen LogP contribution in [0.25, 0.3) is 6.08 Å². The number of thioether (sulfide) groups is 1. The number of imide groups is 1. The highest BCUT2D eigenvalue weighted by Gasteiger charge is 2.29. The van der Waals surface area contributed by atoms with Crippen LogP contribution in [-0.4, -0.2) is 40.3 Å². The van der Waals surface area contributed by atoms with Crippen LogP contribution in [0, 0.1) is 0 Å². The molecule has 1 aliphatic heterocycles. The summed E-state index contributed by atoms with van der Waals surface area (Å²) in [5, 5.41) is 2.53. The standard InChI is InChI=1S/C22H20N2O5S/c1-2-29-20(26)11-8-15-6-9-18(10-7-15)23-21(27)17-5-3-4-16(12-17)13-24-19(25)14-30-22(24)28/h3-12H,2,13-14H2,1H3,(H,23,27). The topological polar surface area (TPSA) is 92.8 Å². The molecule has 0 aliphatic carbocycles. The summed E-state index contributed by atoms with van der Waals surface area (Å²) < 4.78 is 4.83. The number of carbonyl (C=O) groups excluding carboxylic acids is 4. The first-order valence-electron chi connectivity index (χ1n) is 9.28. The number of hydrogen-bond acceptors (Lipinski definition) is 6. The maximum absolute atomic E-state index is 12.6. The number of carbonyl (C=O) groups is 4. The third-order valence-electron chi connectivity index (χ3n) is 4.24. The van der Waals surface area contributed by atoms with Crippen molar-refractivity contribution in [3.63, 3.8) is 0 Å². The molecule has 0 saturated carbocycles. The molecule has 8 heteroatoms. The molecule has 3 amide bonds. The van der Waals surface area contributed by atoms with Crippen LogP contribution in [-0.2, 0) is 20.9 Å². The Morgan fingerprint density at radius 2 is 1.93 bits per heavy atom. The van der Waals surface area contributed by atoms with E-state index in [1.54, 1.807) is 61.5 Å². The molecule has 1 N–H and O–H groups in total. The molecule has 1 aliphatic rings. The average molecular weight is 424 g/mol. The molecule has 1 fully saturated rings. The summed E-state index contributed by atoms with van der Waals surface area (Å²) in [4.78, 5) is 48.6. The fourth-order valence-corrected chi connectivity index (χ4v) is 3.49. The quantitative estimate of drug-likeness (QED) is 0.538. The fraction of sp³-hybridized carbons (Fsp3) is 0.182. The van der Waals surface area contributed by atoms with Gasteiger partial charge in [-0.2, -0.15) is 0 Å². The van der Waals surface area contributed by atoms with E-state index in [4.69, 9.17) is 4.74 Å². The van der Waals surface area contributed by atoms with Crippen molar-refractivity contribution in [3.8, 4) is 0 Å². The number of esters is 1. The molecule has 0 atom stereocenters. The summed E-state index contributed by atoms with van der Waals surface area (Å²) in [5.74, 6) is -0.785. The monoisotopic (exact) mass is 424 g/mol. The van der Waals surface area contributed by atoms with Gasteiger partial charge in [-0.05, 0) is 48.4 Å². The Kier molecular flexibility index (Phi) is 7.03. The Labute approximate surface area is 178 Å². The summed E-state index contributed by atoms with van der Waals surface area (Å²) >= 11 is 0.981. The van der Waals surface area contributed by atoms with Crippen molar-refractivity contribution in [1.29, 1.82) is 0 Å². The minimum Gasteiger partial charge on any atom is -0.463 e. The lowest BCUT2D eigenvalue weighted by molar-refractivity contribution is -0.137. The molecule has 1 heterocycles. The van der Waals surface area contributed by atoms with Crippen molar-refractivity contribution in [1.82, 2.24) is 4.90 Å². The van der Waals surface area contributed by atoms with Crippen LogP contribution in [0.1, 0.15) is 28.4 Å². The zero-order valence-corrected chi connectivity index (χ0v) is 17.1. The highest BCUT2D eigenvalue weighted by atomic mass is 32.2. The van der Waals surface area contributed by atoms with Gasteiger partial charge in [0.15, 0.2) is 0 Å². The predicted molar refractivity (Wildman–Crippen MR) is 115 cm³/mol. The number of nitrogens with zero attached hydrogens (tertiary/aromatic N) is 1. The molecule has 2 aromatic carbocycles. The van der Waals surface area contributed by atoms with Gasteiger partial charge in [0.1, 0.15) is 0 Å². The summed E-state index contributed by atoms with van der Waals surface area (Å²) in [5.41, 5.74) is 2.51. The van der Waals surface area contributed by atoms with Gasteiger partial charge in [-0.25, -0.2) is 4.79 Å². The predicted octanol–water partition coefficient (Wildman–Crippen LogP) is 3.71. The maximum Gasteiger partial charge on any atom is 0.330 e. The number of rotatable bonds is 7. The van der Waals surface area contributed by atoms with E-state index in [0.717, 1.165) is 17.3 Å². The molecule has 0 bridgehead atoms. The van der Waals surface area contributed by atoms with Gasteiger partial charge in [-0.15, -0.1) is 0 Å². The second-order valence-electron chi connectivity index (χ2n) is 6.40. The summed E-state index contributed by atoms with van der Waals surface area (Å²) in [6.45, 7) is 2.20. The first kappa shape index (κ1) is 21.3. The Balaban J connectivity index is 1.62. The molecule has 7 nitrogen and oxygen atoms in total. The van der Waals surface area contributed by atoms with Gasteiger partial charge in [0, 0.05) is 17.3 Å². The molecule has 3 rings (SSSR count). The van der Waals surface area contributed by atoms with E-state index in [9.17, 15) is 19.2 Å². The lowest BCUT2D eigenvalue weighted by atomic mass is 10.1. The van der Waals surface area contributed by atoms with Crippen molar-refractivity contribution in [3.05, 3.63) is 71.3 Å². The SMILES string of the molecule is CCOC(=O)C=Cc1ccc(NC(=O)c2cccc(CN3C(=O)CSC3=O)c2)cc1. The van der Waals surface area contributed by atoms with E-state index in [-0.39, 0.29) is 29.4 Å². The molecular formula is C22H20N2O5S. The van der Waals surface area contributed by atoms with Crippen molar-refractivity contribution in [2.75, 3.05) is 17.7 Å². The van der Waals surface area contributed by atoms with E-state index >= 15 is 0 Å². The second-order valence-corrected chi connectivity index (χ2v) is 7.32. The van der Waals surface area contributed by atoms with Gasteiger partial charge >= 0.3 is 5.97 Å². The summed E-state index contributed by atoms with van der Waals surface area (Å²) in [6, 6.07) is 13.8. The van der Waals surface area contributed by atoms with Gasteiger partial charge in [0.2, 0.25) is 5.91 Å². The average Bonchev–Trinajstić information content (AvgIpc) is 3.06. The number of hydrogen-bond donors (Lipinski definition) is 1. The number of anilines is 1. The largest absolute Gasteiger partial charge is 0.463 e. The van der Waals surface area contributed by atoms with Gasteiger partial charge in [-0.1, -0.05) is 36.0 Å². The van der Waals surface area contributed by atoms with E-state index < -0.39 is 5.97 Å². The van der Waals surface area contributed by atoms with Crippen molar-refractivity contribution in [2.45, 2.75) is 13.5 Å². The number of amides is 3. The number of nitrogens with one attached hydrogen (secondary N) is 1. The summed E-state index contributed by atoms with van der Waals surface area (Å²) in [7, 11) is 0. The molecule has 0 unspecified atom stereocenters. The van der Waals surface area contributed by atoms with Crippen LogP contribution in [0.5, 0.6) is 0 Å². The smallest absolute Gasteiger partial charge is 0.330 e. The Morgan fingerprint density at radius 3 is 2.60 bits per heavy atom. The molecule has 0 aromatic heterocycles. The van der Waals surface area contributed by atoms with Crippen LogP contribution in [0.3, 0.4) is 0 Å². The molecular weight excluding hydrogens is 404 g/mol. The van der Waals surface area contributed by atoms with Gasteiger partial charge < -0.3 is 10.1 Å². The van der Waals surface area contributed by atoms with Crippen molar-refractivity contribution < 1.29 is 23.9 Å². The van der Waals surface area contributed by atoms with Crippen LogP contribution >= 0.6 is 11.8 Å². The molecule has 2 aromatic rings. The zero-order valence-electron chi connectivity index (χ0n) is 16.3. The molecule has 1 saturated heterocycles. The van der Waals surface area contributed by atoms with Gasteiger partial charge in [-0.3, -0.25) is 19.3 Å². The molecule has 0 radical (unpaired) electrons. The second kappa shape index (κ2) is 9.89. The molecule has 0 spiro atoms. The van der Waals surface area contributed by atoms with E-state index in [1.165, 1.54) is 11.0 Å². The van der Waals surface area contributed by atoms with Gasteiger partial charge in [0.25, 0.3) is 11.1 Å². The molecule has 30 heavy (non-hydrogen) atoms. The van der Waals surface area contributed by atoms with Crippen LogP contribution in [0.2, 0.25) is 0 Å². The highest BCUT2D eigenvalue weighted by molar-refractivity contribution is 8.14. The lowest BCUT2D eigenvalue weighted by Crippen LogP contribution is -2.28. The number of benzene rings is 2. The van der Waals surface area contributed by atoms with Crippen molar-refractivity contribution >= 4 is 46.5 Å². The van der Waals surface area contributed by atoms with Crippen LogP contribution in [0.15, 0.2) is 54.6 Å². The normalized spacial score (nSPS) is 13.7.